The molecule has 2 aromatic heterocycles. The highest BCUT2D eigenvalue weighted by atomic mass is 16.2. The molecule has 0 fully saturated rings. The Bertz CT molecular complexity index is 644. The van der Waals surface area contributed by atoms with Crippen LogP contribution in [-0.2, 0) is 7.05 Å². The molecular weight excluding hydrogens is 266 g/mol. The molecule has 0 aliphatic carbocycles. The van der Waals surface area contributed by atoms with Crippen molar-refractivity contribution in [2.24, 2.45) is 7.05 Å². The Morgan fingerprint density at radius 3 is 2.57 bits per heavy atom. The van der Waals surface area contributed by atoms with Gasteiger partial charge in [-0.15, -0.1) is 13.2 Å². The van der Waals surface area contributed by atoms with E-state index in [0.717, 1.165) is 0 Å². The molecule has 0 spiro atoms. The van der Waals surface area contributed by atoms with Crippen LogP contribution in [0.25, 0.3) is 5.82 Å². The van der Waals surface area contributed by atoms with Crippen LogP contribution in [0, 0.1) is 6.92 Å². The minimum Gasteiger partial charge on any atom is -0.331 e. The van der Waals surface area contributed by atoms with Gasteiger partial charge in [0.05, 0.1) is 5.69 Å². The molecule has 0 bridgehead atoms. The number of hydrogen-bond acceptors (Lipinski definition) is 3. The molecule has 2 heterocycles. The van der Waals surface area contributed by atoms with Crippen LogP contribution in [0.1, 0.15) is 16.1 Å². The Hall–Kier alpha value is -2.63. The molecule has 110 valence electrons. The number of rotatable bonds is 6. The molecule has 0 unspecified atom stereocenters. The third-order valence-electron chi connectivity index (χ3n) is 3.11. The van der Waals surface area contributed by atoms with E-state index in [0.29, 0.717) is 30.2 Å². The Balaban J connectivity index is 2.50. The van der Waals surface area contributed by atoms with Crippen LogP contribution in [0.15, 0.2) is 43.8 Å². The number of carbonyl (C=O) groups is 1. The minimum atomic E-state index is -0.106. The van der Waals surface area contributed by atoms with Crippen molar-refractivity contribution in [3.8, 4) is 5.82 Å². The van der Waals surface area contributed by atoms with Crippen molar-refractivity contribution in [2.75, 3.05) is 13.1 Å². The van der Waals surface area contributed by atoms with Crippen molar-refractivity contribution in [3.63, 3.8) is 0 Å². The van der Waals surface area contributed by atoms with Crippen LogP contribution in [-0.4, -0.2) is 43.5 Å². The summed E-state index contributed by atoms with van der Waals surface area (Å²) in [6.45, 7) is 10.1. The van der Waals surface area contributed by atoms with E-state index in [1.54, 1.807) is 45.9 Å². The van der Waals surface area contributed by atoms with Gasteiger partial charge < -0.3 is 4.90 Å². The maximum Gasteiger partial charge on any atom is 0.260 e. The lowest BCUT2D eigenvalue weighted by atomic mass is 10.2. The Morgan fingerprint density at radius 2 is 2.05 bits per heavy atom. The summed E-state index contributed by atoms with van der Waals surface area (Å²) in [5.74, 6) is 0.548. The molecule has 2 rings (SSSR count). The van der Waals surface area contributed by atoms with Gasteiger partial charge >= 0.3 is 0 Å². The summed E-state index contributed by atoms with van der Waals surface area (Å²) >= 11 is 0. The van der Waals surface area contributed by atoms with Gasteiger partial charge in [0, 0.05) is 32.5 Å². The van der Waals surface area contributed by atoms with Gasteiger partial charge in [-0.3, -0.25) is 4.79 Å². The third kappa shape index (κ3) is 2.79. The number of aryl methyl sites for hydroxylation is 2. The number of aromatic nitrogens is 4. The second-order valence-electron chi connectivity index (χ2n) is 4.65. The van der Waals surface area contributed by atoms with Crippen LogP contribution >= 0.6 is 0 Å². The molecule has 2 aromatic rings. The van der Waals surface area contributed by atoms with Crippen LogP contribution in [0.5, 0.6) is 0 Å². The summed E-state index contributed by atoms with van der Waals surface area (Å²) in [4.78, 5) is 14.5. The summed E-state index contributed by atoms with van der Waals surface area (Å²) in [6, 6.07) is 1.81. The summed E-state index contributed by atoms with van der Waals surface area (Å²) in [5.41, 5.74) is 1.22. The maximum absolute atomic E-state index is 12.8. The van der Waals surface area contributed by atoms with Crippen LogP contribution in [0.2, 0.25) is 0 Å². The van der Waals surface area contributed by atoms with E-state index in [9.17, 15) is 4.79 Å². The molecule has 0 saturated carbocycles. The lowest BCUT2D eigenvalue weighted by Gasteiger charge is -2.19. The van der Waals surface area contributed by atoms with Crippen LogP contribution < -0.4 is 0 Å². The van der Waals surface area contributed by atoms with Gasteiger partial charge in [-0.2, -0.15) is 10.2 Å². The topological polar surface area (TPSA) is 56.0 Å². The van der Waals surface area contributed by atoms with E-state index >= 15 is 0 Å². The van der Waals surface area contributed by atoms with E-state index in [1.807, 2.05) is 13.0 Å². The van der Waals surface area contributed by atoms with Crippen molar-refractivity contribution in [3.05, 3.63) is 55.0 Å². The van der Waals surface area contributed by atoms with Crippen molar-refractivity contribution >= 4 is 5.91 Å². The molecule has 1 amide bonds. The summed E-state index contributed by atoms with van der Waals surface area (Å²) in [6.07, 6.45) is 6.85. The average molecular weight is 285 g/mol. The second kappa shape index (κ2) is 6.21. The first-order chi connectivity index (χ1) is 10.1. The SMILES string of the molecule is C=CCN(CC=C)C(=O)c1c(C)nn(C)c1-n1cccn1. The van der Waals surface area contributed by atoms with Gasteiger partial charge in [0.2, 0.25) is 0 Å². The highest BCUT2D eigenvalue weighted by Gasteiger charge is 2.25. The number of hydrogen-bond donors (Lipinski definition) is 0. The Labute approximate surface area is 124 Å². The highest BCUT2D eigenvalue weighted by Crippen LogP contribution is 2.19. The molecular formula is C15H19N5O. The number of amides is 1. The molecule has 0 N–H and O–H groups in total. The van der Waals surface area contributed by atoms with Gasteiger partial charge in [-0.05, 0) is 13.0 Å². The third-order valence-corrected chi connectivity index (χ3v) is 3.11. The average Bonchev–Trinajstić information content (AvgIpc) is 3.05. The molecule has 0 atom stereocenters. The monoisotopic (exact) mass is 285 g/mol. The number of carbonyl (C=O) groups excluding carboxylic acids is 1. The van der Waals surface area contributed by atoms with E-state index in [2.05, 4.69) is 23.4 Å². The largest absolute Gasteiger partial charge is 0.331 e. The zero-order valence-corrected chi connectivity index (χ0v) is 12.4. The van der Waals surface area contributed by atoms with Crippen molar-refractivity contribution < 1.29 is 4.79 Å². The van der Waals surface area contributed by atoms with E-state index in [-0.39, 0.29) is 5.91 Å². The summed E-state index contributed by atoms with van der Waals surface area (Å²) in [7, 11) is 1.80. The molecule has 0 aliphatic heterocycles. The van der Waals surface area contributed by atoms with Gasteiger partial charge in [0.25, 0.3) is 5.91 Å². The fourth-order valence-electron chi connectivity index (χ4n) is 2.26. The van der Waals surface area contributed by atoms with Crippen LogP contribution in [0.3, 0.4) is 0 Å². The standard InChI is InChI=1S/C15H19N5O/c1-5-9-19(10-6-2)15(21)13-12(3)17-18(4)14(13)20-11-7-8-16-20/h5-8,11H,1-2,9-10H2,3-4H3. The minimum absolute atomic E-state index is 0.106. The van der Waals surface area contributed by atoms with Crippen molar-refractivity contribution in [2.45, 2.75) is 6.92 Å². The van der Waals surface area contributed by atoms with Gasteiger partial charge in [0.1, 0.15) is 5.56 Å². The highest BCUT2D eigenvalue weighted by molar-refractivity contribution is 5.98. The smallest absolute Gasteiger partial charge is 0.260 e. The Kier molecular flexibility index (Phi) is 4.37. The Morgan fingerprint density at radius 1 is 1.38 bits per heavy atom. The first-order valence-electron chi connectivity index (χ1n) is 6.64. The summed E-state index contributed by atoms with van der Waals surface area (Å²) < 4.78 is 3.31. The predicted octanol–water partition coefficient (Wildman–Crippen LogP) is 1.73. The predicted molar refractivity (Wildman–Crippen MR) is 81.4 cm³/mol. The molecule has 21 heavy (non-hydrogen) atoms. The lowest BCUT2D eigenvalue weighted by molar-refractivity contribution is 0.0790. The first kappa shape index (κ1) is 14.8. The summed E-state index contributed by atoms with van der Waals surface area (Å²) in [5, 5.41) is 8.55. The fourth-order valence-corrected chi connectivity index (χ4v) is 2.26. The maximum atomic E-state index is 12.8. The van der Waals surface area contributed by atoms with E-state index in [1.165, 1.54) is 0 Å². The number of nitrogens with zero attached hydrogens (tertiary/aromatic N) is 5. The molecule has 0 radical (unpaired) electrons. The zero-order chi connectivity index (χ0) is 15.4. The van der Waals surface area contributed by atoms with Gasteiger partial charge in [0.15, 0.2) is 5.82 Å². The molecule has 0 aromatic carbocycles. The molecule has 6 heteroatoms. The van der Waals surface area contributed by atoms with Crippen molar-refractivity contribution in [1.82, 2.24) is 24.5 Å². The van der Waals surface area contributed by atoms with Gasteiger partial charge in [-0.25, -0.2) is 9.36 Å². The molecule has 6 nitrogen and oxygen atoms in total. The second-order valence-corrected chi connectivity index (χ2v) is 4.65. The fraction of sp³-hybridized carbons (Fsp3) is 0.267. The van der Waals surface area contributed by atoms with Crippen molar-refractivity contribution in [1.29, 1.82) is 0 Å². The lowest BCUT2D eigenvalue weighted by Crippen LogP contribution is -2.32. The van der Waals surface area contributed by atoms with Crippen LogP contribution in [0.4, 0.5) is 0 Å². The normalized spacial score (nSPS) is 10.4. The van der Waals surface area contributed by atoms with E-state index in [4.69, 9.17) is 0 Å². The van der Waals surface area contributed by atoms with Gasteiger partial charge in [-0.1, -0.05) is 12.2 Å². The van der Waals surface area contributed by atoms with E-state index < -0.39 is 0 Å². The first-order valence-corrected chi connectivity index (χ1v) is 6.64. The molecule has 0 aliphatic rings. The zero-order valence-electron chi connectivity index (χ0n) is 12.4. The molecule has 0 saturated heterocycles. The quantitative estimate of drug-likeness (QED) is 0.759.